The van der Waals surface area contributed by atoms with E-state index in [9.17, 15) is 9.90 Å². The summed E-state index contributed by atoms with van der Waals surface area (Å²) >= 11 is 0. The molecule has 20 heavy (non-hydrogen) atoms. The molecule has 3 nitrogen and oxygen atoms in total. The lowest BCUT2D eigenvalue weighted by atomic mass is 10.0. The second-order valence-electron chi connectivity index (χ2n) is 6.19. The summed E-state index contributed by atoms with van der Waals surface area (Å²) in [5, 5.41) is 9.41. The first-order chi connectivity index (χ1) is 9.57. The average molecular weight is 286 g/mol. The molecule has 1 atom stereocenters. The molecule has 0 aliphatic carbocycles. The van der Waals surface area contributed by atoms with Crippen molar-refractivity contribution in [3.63, 3.8) is 0 Å². The van der Waals surface area contributed by atoms with Gasteiger partial charge >= 0.3 is 5.97 Å². The van der Waals surface area contributed by atoms with Gasteiger partial charge in [0.25, 0.3) is 0 Å². The summed E-state index contributed by atoms with van der Waals surface area (Å²) in [7, 11) is 1.31. The highest BCUT2D eigenvalue weighted by Gasteiger charge is 2.13. The molecule has 0 spiro atoms. The zero-order chi connectivity index (χ0) is 15.2. The van der Waals surface area contributed by atoms with Crippen molar-refractivity contribution in [1.29, 1.82) is 0 Å². The molecule has 0 fully saturated rings. The zero-order valence-electron chi connectivity index (χ0n) is 13.7. The van der Waals surface area contributed by atoms with Gasteiger partial charge in [-0.1, -0.05) is 78.1 Å². The number of carbonyl (C=O) groups is 1. The molecule has 1 unspecified atom stereocenters. The number of ether oxygens (including phenoxy) is 1. The van der Waals surface area contributed by atoms with Crippen LogP contribution in [0.3, 0.4) is 0 Å². The van der Waals surface area contributed by atoms with Crippen LogP contribution >= 0.6 is 0 Å². The highest BCUT2D eigenvalue weighted by molar-refractivity contribution is 5.74. The molecule has 0 saturated heterocycles. The summed E-state index contributed by atoms with van der Waals surface area (Å²) in [6.45, 7) is 4.58. The van der Waals surface area contributed by atoms with E-state index in [4.69, 9.17) is 0 Å². The lowest BCUT2D eigenvalue weighted by Gasteiger charge is -2.07. The predicted molar refractivity (Wildman–Crippen MR) is 83.6 cm³/mol. The third kappa shape index (κ3) is 12.5. The zero-order valence-corrected chi connectivity index (χ0v) is 13.7. The highest BCUT2D eigenvalue weighted by atomic mass is 16.5. The van der Waals surface area contributed by atoms with Crippen LogP contribution in [-0.4, -0.2) is 24.3 Å². The van der Waals surface area contributed by atoms with Gasteiger partial charge in [-0.25, -0.2) is 4.79 Å². The maximum atomic E-state index is 11.0. The number of aliphatic hydroxyl groups is 1. The van der Waals surface area contributed by atoms with Gasteiger partial charge in [-0.15, -0.1) is 0 Å². The van der Waals surface area contributed by atoms with Crippen LogP contribution in [-0.2, 0) is 9.53 Å². The second-order valence-corrected chi connectivity index (χ2v) is 6.19. The maximum absolute atomic E-state index is 11.0. The van der Waals surface area contributed by atoms with Gasteiger partial charge in [-0.2, -0.15) is 0 Å². The van der Waals surface area contributed by atoms with Gasteiger partial charge in [0.2, 0.25) is 0 Å². The monoisotopic (exact) mass is 286 g/mol. The molecule has 0 saturated carbocycles. The Kier molecular flexibility index (Phi) is 13.0. The number of hydrogen-bond donors (Lipinski definition) is 1. The van der Waals surface area contributed by atoms with Gasteiger partial charge in [0.1, 0.15) is 0 Å². The molecule has 0 heterocycles. The SMILES string of the molecule is COC(=O)C(O)CCCCCCCCCCCC(C)C. The Labute approximate surface area is 125 Å². The maximum Gasteiger partial charge on any atom is 0.334 e. The number of unbranched alkanes of at least 4 members (excludes halogenated alkanes) is 8. The summed E-state index contributed by atoms with van der Waals surface area (Å²) in [6, 6.07) is 0. The van der Waals surface area contributed by atoms with E-state index < -0.39 is 12.1 Å². The summed E-state index contributed by atoms with van der Waals surface area (Å²) in [5.41, 5.74) is 0. The van der Waals surface area contributed by atoms with Crippen LogP contribution in [0.5, 0.6) is 0 Å². The Bertz CT molecular complexity index is 226. The molecule has 0 aromatic rings. The Balaban J connectivity index is 3.15. The second kappa shape index (κ2) is 13.4. The van der Waals surface area contributed by atoms with E-state index in [1.807, 2.05) is 0 Å². The van der Waals surface area contributed by atoms with Crippen LogP contribution in [0.4, 0.5) is 0 Å². The van der Waals surface area contributed by atoms with Gasteiger partial charge in [0.15, 0.2) is 6.10 Å². The van der Waals surface area contributed by atoms with Crippen LogP contribution in [0, 0.1) is 5.92 Å². The molecular formula is C17H34O3. The van der Waals surface area contributed by atoms with E-state index in [0.717, 1.165) is 18.8 Å². The van der Waals surface area contributed by atoms with Crippen LogP contribution in [0.15, 0.2) is 0 Å². The molecule has 120 valence electrons. The summed E-state index contributed by atoms with van der Waals surface area (Å²) in [5.74, 6) is 0.335. The topological polar surface area (TPSA) is 46.5 Å². The number of rotatable bonds is 13. The number of hydrogen-bond acceptors (Lipinski definition) is 3. The van der Waals surface area contributed by atoms with Crippen molar-refractivity contribution in [3.05, 3.63) is 0 Å². The van der Waals surface area contributed by atoms with Crippen LogP contribution in [0.1, 0.15) is 84.5 Å². The van der Waals surface area contributed by atoms with Crippen molar-refractivity contribution in [2.75, 3.05) is 7.11 Å². The third-order valence-electron chi connectivity index (χ3n) is 3.73. The fourth-order valence-corrected chi connectivity index (χ4v) is 2.38. The molecule has 0 rings (SSSR count). The minimum Gasteiger partial charge on any atom is -0.467 e. The highest BCUT2D eigenvalue weighted by Crippen LogP contribution is 2.13. The quantitative estimate of drug-likeness (QED) is 0.401. The lowest BCUT2D eigenvalue weighted by Crippen LogP contribution is -2.21. The molecule has 0 bridgehead atoms. The first-order valence-electron chi connectivity index (χ1n) is 8.33. The fourth-order valence-electron chi connectivity index (χ4n) is 2.38. The number of methoxy groups -OCH3 is 1. The van der Waals surface area contributed by atoms with E-state index in [-0.39, 0.29) is 0 Å². The van der Waals surface area contributed by atoms with E-state index in [2.05, 4.69) is 18.6 Å². The molecule has 0 aliphatic rings. The van der Waals surface area contributed by atoms with E-state index in [1.54, 1.807) is 0 Å². The van der Waals surface area contributed by atoms with Crippen molar-refractivity contribution < 1.29 is 14.6 Å². The van der Waals surface area contributed by atoms with Crippen LogP contribution in [0.25, 0.3) is 0 Å². The Morgan fingerprint density at radius 2 is 1.25 bits per heavy atom. The molecule has 0 aromatic carbocycles. The Morgan fingerprint density at radius 1 is 0.850 bits per heavy atom. The van der Waals surface area contributed by atoms with Crippen molar-refractivity contribution in [3.8, 4) is 0 Å². The summed E-state index contributed by atoms with van der Waals surface area (Å²) in [6.07, 6.45) is 12.3. The molecule has 0 aliphatic heterocycles. The first-order valence-corrected chi connectivity index (χ1v) is 8.33. The van der Waals surface area contributed by atoms with E-state index >= 15 is 0 Å². The van der Waals surface area contributed by atoms with Gasteiger partial charge in [-0.3, -0.25) is 0 Å². The van der Waals surface area contributed by atoms with E-state index in [0.29, 0.717) is 6.42 Å². The Morgan fingerprint density at radius 3 is 1.65 bits per heavy atom. The van der Waals surface area contributed by atoms with Gasteiger partial charge in [-0.05, 0) is 12.3 Å². The third-order valence-corrected chi connectivity index (χ3v) is 3.73. The molecule has 0 aromatic heterocycles. The van der Waals surface area contributed by atoms with E-state index in [1.165, 1.54) is 58.5 Å². The fraction of sp³-hybridized carbons (Fsp3) is 0.941. The number of aliphatic hydroxyl groups excluding tert-OH is 1. The molecule has 0 amide bonds. The van der Waals surface area contributed by atoms with Crippen molar-refractivity contribution >= 4 is 5.97 Å². The van der Waals surface area contributed by atoms with Crippen molar-refractivity contribution in [2.24, 2.45) is 5.92 Å². The number of esters is 1. The molecule has 0 radical (unpaired) electrons. The largest absolute Gasteiger partial charge is 0.467 e. The van der Waals surface area contributed by atoms with Crippen molar-refractivity contribution in [2.45, 2.75) is 90.6 Å². The van der Waals surface area contributed by atoms with Gasteiger partial charge in [0, 0.05) is 0 Å². The van der Waals surface area contributed by atoms with Crippen molar-refractivity contribution in [1.82, 2.24) is 0 Å². The van der Waals surface area contributed by atoms with Crippen LogP contribution < -0.4 is 0 Å². The first kappa shape index (κ1) is 19.4. The molecule has 1 N–H and O–H groups in total. The van der Waals surface area contributed by atoms with Crippen LogP contribution in [0.2, 0.25) is 0 Å². The minimum absolute atomic E-state index is 0.508. The number of carbonyl (C=O) groups excluding carboxylic acids is 1. The van der Waals surface area contributed by atoms with Gasteiger partial charge in [0.05, 0.1) is 7.11 Å². The molecular weight excluding hydrogens is 252 g/mol. The standard InChI is InChI=1S/C17H34O3/c1-15(2)13-11-9-7-5-4-6-8-10-12-14-16(18)17(19)20-3/h15-16,18H,4-14H2,1-3H3. The minimum atomic E-state index is -0.930. The molecule has 3 heteroatoms. The predicted octanol–water partition coefficient (Wildman–Crippen LogP) is 4.47. The normalized spacial score (nSPS) is 12.7. The summed E-state index contributed by atoms with van der Waals surface area (Å²) in [4.78, 5) is 11.0. The summed E-state index contributed by atoms with van der Waals surface area (Å²) < 4.78 is 4.48. The lowest BCUT2D eigenvalue weighted by molar-refractivity contribution is -0.150. The Hall–Kier alpha value is -0.570. The average Bonchev–Trinajstić information content (AvgIpc) is 2.43. The smallest absolute Gasteiger partial charge is 0.334 e. The van der Waals surface area contributed by atoms with Gasteiger partial charge < -0.3 is 9.84 Å².